The molecule has 0 radical (unpaired) electrons. The van der Waals surface area contributed by atoms with Crippen LogP contribution in [0.4, 0.5) is 4.79 Å². The molecule has 0 unspecified atom stereocenters. The van der Waals surface area contributed by atoms with Crippen LogP contribution < -0.4 is 11.1 Å². The lowest BCUT2D eigenvalue weighted by Gasteiger charge is -2.06. The zero-order valence-electron chi connectivity index (χ0n) is 10.0. The molecule has 0 aliphatic carbocycles. The van der Waals surface area contributed by atoms with Crippen molar-refractivity contribution in [3.63, 3.8) is 0 Å². The van der Waals surface area contributed by atoms with E-state index in [1.165, 1.54) is 0 Å². The van der Waals surface area contributed by atoms with Gasteiger partial charge in [-0.3, -0.25) is 0 Å². The fraction of sp³-hybridized carbons (Fsp3) is 0.583. The third kappa shape index (κ3) is 9.10. The standard InChI is InChI=1S/C12H20N2O2/c1-10(2)5-4-8-14-12(15)16-9-11(3)6-7-13/h10H,3,6-9,13H2,1-2H3,(H,14,15). The Morgan fingerprint density at radius 3 is 2.81 bits per heavy atom. The van der Waals surface area contributed by atoms with Crippen molar-refractivity contribution in [1.29, 1.82) is 0 Å². The van der Waals surface area contributed by atoms with Crippen LogP contribution >= 0.6 is 0 Å². The highest BCUT2D eigenvalue weighted by atomic mass is 16.5. The van der Waals surface area contributed by atoms with Gasteiger partial charge in [-0.2, -0.15) is 0 Å². The molecule has 0 aromatic carbocycles. The Kier molecular flexibility index (Phi) is 8.00. The van der Waals surface area contributed by atoms with E-state index in [1.54, 1.807) is 0 Å². The van der Waals surface area contributed by atoms with Crippen LogP contribution in [0.25, 0.3) is 0 Å². The number of hydrogen-bond acceptors (Lipinski definition) is 3. The van der Waals surface area contributed by atoms with Crippen LogP contribution in [0.2, 0.25) is 0 Å². The van der Waals surface area contributed by atoms with Gasteiger partial charge in [-0.25, -0.2) is 4.79 Å². The monoisotopic (exact) mass is 224 g/mol. The van der Waals surface area contributed by atoms with Crippen molar-refractivity contribution in [2.75, 3.05) is 19.7 Å². The molecule has 4 heteroatoms. The van der Waals surface area contributed by atoms with Crippen LogP contribution in [0.1, 0.15) is 20.3 Å². The maximum Gasteiger partial charge on any atom is 0.408 e. The van der Waals surface area contributed by atoms with Crippen molar-refractivity contribution in [2.24, 2.45) is 11.7 Å². The van der Waals surface area contributed by atoms with Crippen LogP contribution in [0.3, 0.4) is 0 Å². The summed E-state index contributed by atoms with van der Waals surface area (Å²) in [5.41, 5.74) is 6.14. The molecule has 16 heavy (non-hydrogen) atoms. The van der Waals surface area contributed by atoms with Gasteiger partial charge >= 0.3 is 6.09 Å². The molecule has 0 aliphatic heterocycles. The number of nitrogens with two attached hydrogens (primary N) is 1. The number of nitrogens with one attached hydrogen (secondary N) is 1. The van der Waals surface area contributed by atoms with Crippen molar-refractivity contribution in [3.8, 4) is 11.8 Å². The fourth-order valence-electron chi connectivity index (χ4n) is 0.866. The van der Waals surface area contributed by atoms with Crippen LogP contribution in [0.5, 0.6) is 0 Å². The van der Waals surface area contributed by atoms with Crippen LogP contribution in [0, 0.1) is 17.8 Å². The second-order valence-corrected chi connectivity index (χ2v) is 3.69. The highest BCUT2D eigenvalue weighted by Gasteiger charge is 2.00. The SMILES string of the molecule is C=C(CCN)COC(=O)NCC#CC(C)C. The van der Waals surface area contributed by atoms with E-state index in [2.05, 4.69) is 23.7 Å². The summed E-state index contributed by atoms with van der Waals surface area (Å²) in [6, 6.07) is 0. The van der Waals surface area contributed by atoms with Crippen molar-refractivity contribution in [2.45, 2.75) is 20.3 Å². The zero-order valence-corrected chi connectivity index (χ0v) is 10.0. The Hall–Kier alpha value is -1.47. The van der Waals surface area contributed by atoms with Gasteiger partial charge in [0, 0.05) is 5.92 Å². The summed E-state index contributed by atoms with van der Waals surface area (Å²) in [5.74, 6) is 6.06. The first-order valence-electron chi connectivity index (χ1n) is 5.32. The molecule has 0 saturated carbocycles. The highest BCUT2D eigenvalue weighted by Crippen LogP contribution is 1.96. The predicted molar refractivity (Wildman–Crippen MR) is 64.8 cm³/mol. The molecule has 0 rings (SSSR count). The lowest BCUT2D eigenvalue weighted by Crippen LogP contribution is -2.25. The molecular formula is C12H20N2O2. The number of ether oxygens (including phenoxy) is 1. The molecule has 0 aromatic rings. The summed E-state index contributed by atoms with van der Waals surface area (Å²) >= 11 is 0. The summed E-state index contributed by atoms with van der Waals surface area (Å²) in [7, 11) is 0. The molecule has 90 valence electrons. The minimum Gasteiger partial charge on any atom is -0.445 e. The molecule has 3 N–H and O–H groups in total. The summed E-state index contributed by atoms with van der Waals surface area (Å²) in [6.07, 6.45) is 0.191. The first-order chi connectivity index (χ1) is 7.56. The third-order valence-corrected chi connectivity index (χ3v) is 1.62. The second-order valence-electron chi connectivity index (χ2n) is 3.69. The number of alkyl carbamates (subject to hydrolysis) is 1. The minimum absolute atomic E-state index is 0.209. The number of hydrogen-bond donors (Lipinski definition) is 2. The van der Waals surface area contributed by atoms with Gasteiger partial charge in [0.25, 0.3) is 0 Å². The van der Waals surface area contributed by atoms with E-state index in [4.69, 9.17) is 10.5 Å². The van der Waals surface area contributed by atoms with Crippen molar-refractivity contribution < 1.29 is 9.53 Å². The molecular weight excluding hydrogens is 204 g/mol. The molecule has 0 aromatic heterocycles. The molecule has 0 saturated heterocycles. The van der Waals surface area contributed by atoms with Crippen LogP contribution in [-0.4, -0.2) is 25.8 Å². The number of amides is 1. The van der Waals surface area contributed by atoms with E-state index in [-0.39, 0.29) is 6.61 Å². The topological polar surface area (TPSA) is 64.3 Å². The maximum atomic E-state index is 11.1. The number of carbonyl (C=O) groups excluding carboxylic acids is 1. The fourth-order valence-corrected chi connectivity index (χ4v) is 0.866. The molecule has 0 fully saturated rings. The summed E-state index contributed by atoms with van der Waals surface area (Å²) in [5, 5.41) is 2.53. The average Bonchev–Trinajstić information content (AvgIpc) is 2.22. The molecule has 0 heterocycles. The van der Waals surface area contributed by atoms with E-state index < -0.39 is 6.09 Å². The normalized spacial score (nSPS) is 9.25. The quantitative estimate of drug-likeness (QED) is 0.546. The summed E-state index contributed by atoms with van der Waals surface area (Å²) in [4.78, 5) is 11.1. The van der Waals surface area contributed by atoms with Gasteiger partial charge in [-0.05, 0) is 18.5 Å². The first kappa shape index (κ1) is 14.5. The predicted octanol–water partition coefficient (Wildman–Crippen LogP) is 1.28. The smallest absolute Gasteiger partial charge is 0.408 e. The molecule has 4 nitrogen and oxygen atoms in total. The van der Waals surface area contributed by atoms with E-state index in [1.807, 2.05) is 13.8 Å². The maximum absolute atomic E-state index is 11.1. The molecule has 0 aliphatic rings. The second kappa shape index (κ2) is 8.81. The lowest BCUT2D eigenvalue weighted by atomic mass is 10.2. The van der Waals surface area contributed by atoms with Crippen molar-refractivity contribution in [3.05, 3.63) is 12.2 Å². The minimum atomic E-state index is -0.476. The van der Waals surface area contributed by atoms with E-state index in [9.17, 15) is 4.79 Å². The van der Waals surface area contributed by atoms with Crippen molar-refractivity contribution in [1.82, 2.24) is 5.32 Å². The zero-order chi connectivity index (χ0) is 12.4. The van der Waals surface area contributed by atoms with Gasteiger partial charge in [-0.1, -0.05) is 32.3 Å². The largest absolute Gasteiger partial charge is 0.445 e. The van der Waals surface area contributed by atoms with Gasteiger partial charge in [-0.15, -0.1) is 0 Å². The van der Waals surface area contributed by atoms with Crippen molar-refractivity contribution >= 4 is 6.09 Å². The van der Waals surface area contributed by atoms with Gasteiger partial charge in [0.05, 0.1) is 6.54 Å². The Morgan fingerprint density at radius 2 is 2.25 bits per heavy atom. The van der Waals surface area contributed by atoms with E-state index in [0.717, 1.165) is 5.57 Å². The molecule has 0 atom stereocenters. The van der Waals surface area contributed by atoms with Gasteiger partial charge < -0.3 is 15.8 Å². The van der Waals surface area contributed by atoms with E-state index in [0.29, 0.717) is 25.4 Å². The number of rotatable bonds is 5. The summed E-state index contributed by atoms with van der Waals surface area (Å²) in [6.45, 7) is 8.73. The number of carbonyl (C=O) groups is 1. The van der Waals surface area contributed by atoms with Gasteiger partial charge in [0.15, 0.2) is 0 Å². The Labute approximate surface area is 97.2 Å². The lowest BCUT2D eigenvalue weighted by molar-refractivity contribution is 0.156. The summed E-state index contributed by atoms with van der Waals surface area (Å²) < 4.78 is 4.89. The first-order valence-corrected chi connectivity index (χ1v) is 5.32. The average molecular weight is 224 g/mol. The Bertz CT molecular complexity index is 287. The van der Waals surface area contributed by atoms with Crippen LogP contribution in [-0.2, 0) is 4.74 Å². The van der Waals surface area contributed by atoms with Crippen LogP contribution in [0.15, 0.2) is 12.2 Å². The highest BCUT2D eigenvalue weighted by molar-refractivity contribution is 5.67. The van der Waals surface area contributed by atoms with Gasteiger partial charge in [0.1, 0.15) is 6.61 Å². The third-order valence-electron chi connectivity index (χ3n) is 1.62. The molecule has 1 amide bonds. The molecule has 0 bridgehead atoms. The Balaban J connectivity index is 3.61. The molecule has 0 spiro atoms. The van der Waals surface area contributed by atoms with E-state index >= 15 is 0 Å². The van der Waals surface area contributed by atoms with Gasteiger partial charge in [0.2, 0.25) is 0 Å². The Morgan fingerprint density at radius 1 is 1.56 bits per heavy atom.